The van der Waals surface area contributed by atoms with Crippen LogP contribution in [0.1, 0.15) is 12.0 Å². The zero-order chi connectivity index (χ0) is 19.3. The van der Waals surface area contributed by atoms with Crippen molar-refractivity contribution in [2.45, 2.75) is 6.42 Å². The summed E-state index contributed by atoms with van der Waals surface area (Å²) in [5.41, 5.74) is 0.569. The highest BCUT2D eigenvalue weighted by molar-refractivity contribution is 8.26. The molecule has 0 bridgehead atoms. The van der Waals surface area contributed by atoms with Crippen LogP contribution >= 0.6 is 59.6 Å². The third-order valence-corrected chi connectivity index (χ3v) is 5.53. The summed E-state index contributed by atoms with van der Waals surface area (Å²) in [5, 5.41) is 0.902. The summed E-state index contributed by atoms with van der Waals surface area (Å²) in [4.78, 5) is 28.1. The number of likely N-dealkylation sites (N-methyl/N-ethyl adjacent to an activating group) is 1. The second kappa shape index (κ2) is 11.2. The molecule has 1 saturated heterocycles. The number of rotatable bonds is 7. The largest absolute Gasteiger partial charge is 0.464 e. The Kier molecular flexibility index (Phi) is 10.1. The molecule has 1 heterocycles. The minimum Gasteiger partial charge on any atom is -0.464 e. The second-order valence-electron chi connectivity index (χ2n) is 5.74. The molecule has 0 spiro atoms. The number of halogens is 3. The van der Waals surface area contributed by atoms with Crippen molar-refractivity contribution in [3.8, 4) is 0 Å². The highest BCUT2D eigenvalue weighted by Crippen LogP contribution is 2.35. The molecule has 1 aromatic rings. The van der Waals surface area contributed by atoms with E-state index in [0.29, 0.717) is 38.0 Å². The molecule has 1 aliphatic heterocycles. The van der Waals surface area contributed by atoms with E-state index in [1.165, 1.54) is 4.90 Å². The number of benzene rings is 1. The van der Waals surface area contributed by atoms with E-state index in [-0.39, 0.29) is 37.2 Å². The Morgan fingerprint density at radius 2 is 1.96 bits per heavy atom. The topological polar surface area (TPSA) is 49.9 Å². The van der Waals surface area contributed by atoms with Crippen LogP contribution in [0.2, 0.25) is 10.0 Å². The Bertz CT molecular complexity index is 737. The normalized spacial score (nSPS) is 15.4. The van der Waals surface area contributed by atoms with Crippen LogP contribution in [0.4, 0.5) is 0 Å². The number of carbonyl (C=O) groups is 2. The first kappa shape index (κ1) is 24.2. The van der Waals surface area contributed by atoms with Crippen LogP contribution in [0, 0.1) is 0 Å². The molecule has 0 radical (unpaired) electrons. The molecule has 10 heteroatoms. The summed E-state index contributed by atoms with van der Waals surface area (Å²) in [7, 11) is 3.79. The van der Waals surface area contributed by atoms with Crippen molar-refractivity contribution >= 4 is 81.9 Å². The van der Waals surface area contributed by atoms with Crippen molar-refractivity contribution in [2.24, 2.45) is 0 Å². The van der Waals surface area contributed by atoms with Gasteiger partial charge in [-0.25, -0.2) is 0 Å². The van der Waals surface area contributed by atoms with E-state index < -0.39 is 0 Å². The molecule has 1 aromatic carbocycles. The molecule has 0 N–H and O–H groups in total. The molecule has 0 aromatic heterocycles. The molecule has 1 amide bonds. The van der Waals surface area contributed by atoms with E-state index in [1.54, 1.807) is 24.3 Å². The summed E-state index contributed by atoms with van der Waals surface area (Å²) in [6, 6.07) is 5.13. The molecule has 5 nitrogen and oxygen atoms in total. The van der Waals surface area contributed by atoms with Crippen LogP contribution in [0.25, 0.3) is 6.08 Å². The number of hydrogen-bond acceptors (Lipinski definition) is 6. The van der Waals surface area contributed by atoms with E-state index in [2.05, 4.69) is 0 Å². The molecule has 27 heavy (non-hydrogen) atoms. The number of ether oxygens (including phenoxy) is 1. The standard InChI is InChI=1S/C17H18Cl2N2O3S2.ClH/c1-20(2)8-9-24-15(22)6-7-21-16(23)14(26-17(21)25)10-11-12(18)4-3-5-13(11)19;/h3-5,10H,6-9H2,1-2H3;1H. The van der Waals surface area contributed by atoms with Crippen LogP contribution in [0.3, 0.4) is 0 Å². The number of amides is 1. The van der Waals surface area contributed by atoms with Gasteiger partial charge in [-0.15, -0.1) is 12.4 Å². The summed E-state index contributed by atoms with van der Waals surface area (Å²) >= 11 is 18.7. The third kappa shape index (κ3) is 6.93. The Hall–Kier alpha value is -0.830. The first-order chi connectivity index (χ1) is 12.3. The maximum absolute atomic E-state index is 12.6. The van der Waals surface area contributed by atoms with E-state index >= 15 is 0 Å². The highest BCUT2D eigenvalue weighted by Gasteiger charge is 2.32. The second-order valence-corrected chi connectivity index (χ2v) is 8.23. The number of nitrogens with zero attached hydrogens (tertiary/aromatic N) is 2. The highest BCUT2D eigenvalue weighted by atomic mass is 35.5. The predicted molar refractivity (Wildman–Crippen MR) is 118 cm³/mol. The maximum atomic E-state index is 12.6. The lowest BCUT2D eigenvalue weighted by atomic mass is 10.2. The van der Waals surface area contributed by atoms with Gasteiger partial charge in [0.05, 0.1) is 11.3 Å². The number of carbonyl (C=O) groups excluding carboxylic acids is 2. The number of thiocarbonyl (C=S) groups is 1. The number of hydrogen-bond donors (Lipinski definition) is 0. The van der Waals surface area contributed by atoms with Gasteiger partial charge in [-0.2, -0.15) is 0 Å². The van der Waals surface area contributed by atoms with Gasteiger partial charge in [0.25, 0.3) is 5.91 Å². The third-order valence-electron chi connectivity index (χ3n) is 3.49. The van der Waals surface area contributed by atoms with Crippen molar-refractivity contribution in [2.75, 3.05) is 33.8 Å². The fourth-order valence-corrected chi connectivity index (χ4v) is 3.89. The average Bonchev–Trinajstić information content (AvgIpc) is 2.82. The summed E-state index contributed by atoms with van der Waals surface area (Å²) < 4.78 is 5.51. The average molecular weight is 470 g/mol. The maximum Gasteiger partial charge on any atom is 0.307 e. The van der Waals surface area contributed by atoms with Gasteiger partial charge in [0.2, 0.25) is 0 Å². The van der Waals surface area contributed by atoms with E-state index in [4.69, 9.17) is 40.2 Å². The Morgan fingerprint density at radius 1 is 1.33 bits per heavy atom. The minimum absolute atomic E-state index is 0. The van der Waals surface area contributed by atoms with Crippen LogP contribution in [0.15, 0.2) is 23.1 Å². The van der Waals surface area contributed by atoms with Crippen LogP contribution in [0.5, 0.6) is 0 Å². The molecular weight excluding hydrogens is 451 g/mol. The van der Waals surface area contributed by atoms with Gasteiger partial charge >= 0.3 is 5.97 Å². The molecule has 148 valence electrons. The van der Waals surface area contributed by atoms with Crippen molar-refractivity contribution in [3.05, 3.63) is 38.7 Å². The molecule has 0 unspecified atom stereocenters. The van der Waals surface area contributed by atoms with Crippen molar-refractivity contribution < 1.29 is 14.3 Å². The first-order valence-electron chi connectivity index (χ1n) is 7.79. The van der Waals surface area contributed by atoms with E-state index in [9.17, 15) is 9.59 Å². The van der Waals surface area contributed by atoms with Gasteiger partial charge in [-0.3, -0.25) is 14.5 Å². The summed E-state index contributed by atoms with van der Waals surface area (Å²) in [6.45, 7) is 1.14. The Balaban J connectivity index is 0.00000364. The fraction of sp³-hybridized carbons (Fsp3) is 0.353. The molecule has 1 aliphatic rings. The van der Waals surface area contributed by atoms with Gasteiger partial charge in [-0.1, -0.05) is 53.2 Å². The lowest BCUT2D eigenvalue weighted by molar-refractivity contribution is -0.144. The zero-order valence-corrected chi connectivity index (χ0v) is 18.7. The number of thioether (sulfide) groups is 1. The van der Waals surface area contributed by atoms with Crippen molar-refractivity contribution in [1.29, 1.82) is 0 Å². The quantitative estimate of drug-likeness (QED) is 0.340. The monoisotopic (exact) mass is 468 g/mol. The van der Waals surface area contributed by atoms with Crippen molar-refractivity contribution in [3.63, 3.8) is 0 Å². The van der Waals surface area contributed by atoms with Crippen LogP contribution < -0.4 is 0 Å². The van der Waals surface area contributed by atoms with Gasteiger partial charge in [0.1, 0.15) is 10.9 Å². The lowest BCUT2D eigenvalue weighted by Crippen LogP contribution is -2.31. The summed E-state index contributed by atoms with van der Waals surface area (Å²) in [6.07, 6.45) is 1.71. The predicted octanol–water partition coefficient (Wildman–Crippen LogP) is 4.11. The van der Waals surface area contributed by atoms with Gasteiger partial charge < -0.3 is 9.64 Å². The molecular formula is C17H19Cl3N2O3S2. The van der Waals surface area contributed by atoms with Gasteiger partial charge in [0.15, 0.2) is 0 Å². The SMILES string of the molecule is CN(C)CCOC(=O)CCN1C(=O)C(=Cc2c(Cl)cccc2Cl)SC1=S.Cl. The molecule has 0 saturated carbocycles. The molecule has 1 fully saturated rings. The Morgan fingerprint density at radius 3 is 2.56 bits per heavy atom. The number of esters is 1. The fourth-order valence-electron chi connectivity index (χ4n) is 2.09. The zero-order valence-electron chi connectivity index (χ0n) is 14.7. The summed E-state index contributed by atoms with van der Waals surface area (Å²) in [5.74, 6) is -0.629. The molecule has 0 aliphatic carbocycles. The van der Waals surface area contributed by atoms with Crippen molar-refractivity contribution in [1.82, 2.24) is 9.80 Å². The molecule has 2 rings (SSSR count). The van der Waals surface area contributed by atoms with E-state index in [0.717, 1.165) is 11.8 Å². The van der Waals surface area contributed by atoms with Gasteiger partial charge in [-0.05, 0) is 32.3 Å². The lowest BCUT2D eigenvalue weighted by Gasteiger charge is -2.14. The van der Waals surface area contributed by atoms with Gasteiger partial charge in [0, 0.05) is 28.7 Å². The first-order valence-corrected chi connectivity index (χ1v) is 9.77. The van der Waals surface area contributed by atoms with Crippen LogP contribution in [-0.2, 0) is 14.3 Å². The Labute approximate surface area is 184 Å². The van der Waals surface area contributed by atoms with Crippen LogP contribution in [-0.4, -0.2) is 59.8 Å². The smallest absolute Gasteiger partial charge is 0.307 e. The molecule has 0 atom stereocenters. The minimum atomic E-state index is -0.362. The van der Waals surface area contributed by atoms with E-state index in [1.807, 2.05) is 19.0 Å².